The lowest BCUT2D eigenvalue weighted by Crippen LogP contribution is -2.36. The number of benzene rings is 2. The standard InChI is InChI=1S/C20H17FN2O2/c21-17-7-5-15(6-8-17)19-11-18(22-25-19)12-20(24)23-10-9-14-3-1-2-4-16(14)13-23/h1-8,11H,9-10,12-13H2. The highest BCUT2D eigenvalue weighted by atomic mass is 19.1. The third-order valence-electron chi connectivity index (χ3n) is 4.50. The zero-order chi connectivity index (χ0) is 17.2. The smallest absolute Gasteiger partial charge is 0.229 e. The predicted molar refractivity (Wildman–Crippen MR) is 91.2 cm³/mol. The van der Waals surface area contributed by atoms with Crippen molar-refractivity contribution in [1.82, 2.24) is 10.1 Å². The van der Waals surface area contributed by atoms with Crippen LogP contribution in [0.25, 0.3) is 11.3 Å². The molecule has 1 aliphatic heterocycles. The van der Waals surface area contributed by atoms with Gasteiger partial charge in [-0.25, -0.2) is 4.39 Å². The number of carbonyl (C=O) groups excluding carboxylic acids is 1. The number of hydrogen-bond acceptors (Lipinski definition) is 3. The van der Waals surface area contributed by atoms with E-state index >= 15 is 0 Å². The molecular weight excluding hydrogens is 319 g/mol. The summed E-state index contributed by atoms with van der Waals surface area (Å²) >= 11 is 0. The molecule has 0 unspecified atom stereocenters. The van der Waals surface area contributed by atoms with Gasteiger partial charge in [0.2, 0.25) is 5.91 Å². The SMILES string of the molecule is O=C(Cc1cc(-c2ccc(F)cc2)on1)N1CCc2ccccc2C1. The van der Waals surface area contributed by atoms with E-state index in [9.17, 15) is 9.18 Å². The highest BCUT2D eigenvalue weighted by molar-refractivity contribution is 5.79. The number of nitrogens with zero attached hydrogens (tertiary/aromatic N) is 2. The van der Waals surface area contributed by atoms with Gasteiger partial charge in [0.05, 0.1) is 12.1 Å². The van der Waals surface area contributed by atoms with E-state index in [4.69, 9.17) is 4.52 Å². The predicted octanol–water partition coefficient (Wildman–Crippen LogP) is 3.61. The van der Waals surface area contributed by atoms with E-state index in [0.717, 1.165) is 18.5 Å². The Balaban J connectivity index is 1.44. The Bertz CT molecular complexity index is 902. The topological polar surface area (TPSA) is 46.3 Å². The molecule has 2 heterocycles. The second-order valence-electron chi connectivity index (χ2n) is 6.20. The van der Waals surface area contributed by atoms with Gasteiger partial charge in [0.25, 0.3) is 0 Å². The minimum absolute atomic E-state index is 0.0356. The molecule has 0 radical (unpaired) electrons. The van der Waals surface area contributed by atoms with Gasteiger partial charge in [0.15, 0.2) is 5.76 Å². The number of halogens is 1. The molecule has 0 saturated carbocycles. The molecule has 0 atom stereocenters. The van der Waals surface area contributed by atoms with E-state index in [0.29, 0.717) is 18.0 Å². The summed E-state index contributed by atoms with van der Waals surface area (Å²) in [5, 5.41) is 3.98. The molecule has 0 aliphatic carbocycles. The lowest BCUT2D eigenvalue weighted by Gasteiger charge is -2.28. The second-order valence-corrected chi connectivity index (χ2v) is 6.20. The van der Waals surface area contributed by atoms with Crippen molar-refractivity contribution in [2.45, 2.75) is 19.4 Å². The second kappa shape index (κ2) is 6.51. The molecule has 25 heavy (non-hydrogen) atoms. The first-order chi connectivity index (χ1) is 12.2. The minimum atomic E-state index is -0.302. The molecule has 1 aromatic heterocycles. The third kappa shape index (κ3) is 3.31. The van der Waals surface area contributed by atoms with Gasteiger partial charge in [-0.05, 0) is 41.8 Å². The van der Waals surface area contributed by atoms with Crippen LogP contribution in [0.1, 0.15) is 16.8 Å². The van der Waals surface area contributed by atoms with E-state index in [1.165, 1.54) is 23.3 Å². The van der Waals surface area contributed by atoms with Crippen LogP contribution in [0.5, 0.6) is 0 Å². The fourth-order valence-electron chi connectivity index (χ4n) is 3.12. The van der Waals surface area contributed by atoms with Crippen molar-refractivity contribution in [3.63, 3.8) is 0 Å². The Hall–Kier alpha value is -2.95. The van der Waals surface area contributed by atoms with Crippen molar-refractivity contribution >= 4 is 5.91 Å². The number of rotatable bonds is 3. The number of fused-ring (bicyclic) bond motifs is 1. The van der Waals surface area contributed by atoms with E-state index in [1.807, 2.05) is 17.0 Å². The largest absolute Gasteiger partial charge is 0.356 e. The Kier molecular flexibility index (Phi) is 4.06. The molecule has 0 bridgehead atoms. The van der Waals surface area contributed by atoms with Crippen LogP contribution in [-0.4, -0.2) is 22.5 Å². The summed E-state index contributed by atoms with van der Waals surface area (Å²) in [5.74, 6) is 0.268. The van der Waals surface area contributed by atoms with Crippen molar-refractivity contribution in [2.24, 2.45) is 0 Å². The van der Waals surface area contributed by atoms with Crippen molar-refractivity contribution < 1.29 is 13.7 Å². The number of amides is 1. The molecule has 3 aromatic rings. The maximum Gasteiger partial charge on any atom is 0.229 e. The normalized spacial score (nSPS) is 13.6. The zero-order valence-electron chi connectivity index (χ0n) is 13.6. The molecule has 4 nitrogen and oxygen atoms in total. The summed E-state index contributed by atoms with van der Waals surface area (Å²) in [5.41, 5.74) is 3.84. The Labute approximate surface area is 144 Å². The van der Waals surface area contributed by atoms with Gasteiger partial charge in [-0.2, -0.15) is 0 Å². The summed E-state index contributed by atoms with van der Waals surface area (Å²) in [4.78, 5) is 14.4. The maximum absolute atomic E-state index is 13.0. The number of aromatic nitrogens is 1. The fraction of sp³-hybridized carbons (Fsp3) is 0.200. The van der Waals surface area contributed by atoms with Crippen molar-refractivity contribution in [1.29, 1.82) is 0 Å². The summed E-state index contributed by atoms with van der Waals surface area (Å²) in [6.07, 6.45) is 1.08. The number of carbonyl (C=O) groups is 1. The molecule has 2 aromatic carbocycles. The average Bonchev–Trinajstić information content (AvgIpc) is 3.10. The molecule has 5 heteroatoms. The van der Waals surface area contributed by atoms with E-state index in [-0.39, 0.29) is 18.1 Å². The van der Waals surface area contributed by atoms with Gasteiger partial charge >= 0.3 is 0 Å². The summed E-state index contributed by atoms with van der Waals surface area (Å²) < 4.78 is 18.3. The molecule has 0 N–H and O–H groups in total. The van der Waals surface area contributed by atoms with Crippen molar-refractivity contribution in [3.05, 3.63) is 77.2 Å². The monoisotopic (exact) mass is 336 g/mol. The lowest BCUT2D eigenvalue weighted by atomic mass is 9.99. The van der Waals surface area contributed by atoms with Crippen LogP contribution < -0.4 is 0 Å². The van der Waals surface area contributed by atoms with E-state index in [2.05, 4.69) is 17.3 Å². The third-order valence-corrected chi connectivity index (χ3v) is 4.50. The van der Waals surface area contributed by atoms with Gasteiger partial charge in [-0.15, -0.1) is 0 Å². The molecule has 0 saturated heterocycles. The molecule has 126 valence electrons. The quantitative estimate of drug-likeness (QED) is 0.734. The maximum atomic E-state index is 13.0. The molecular formula is C20H17FN2O2. The molecule has 1 amide bonds. The van der Waals surface area contributed by atoms with Crippen LogP contribution in [0.3, 0.4) is 0 Å². The van der Waals surface area contributed by atoms with E-state index < -0.39 is 0 Å². The summed E-state index contributed by atoms with van der Waals surface area (Å²) in [6, 6.07) is 15.9. The van der Waals surface area contributed by atoms with Gasteiger partial charge < -0.3 is 9.42 Å². The van der Waals surface area contributed by atoms with Gasteiger partial charge in [-0.3, -0.25) is 4.79 Å². The van der Waals surface area contributed by atoms with Gasteiger partial charge in [0.1, 0.15) is 5.82 Å². The van der Waals surface area contributed by atoms with Crippen molar-refractivity contribution in [3.8, 4) is 11.3 Å². The highest BCUT2D eigenvalue weighted by Gasteiger charge is 2.21. The lowest BCUT2D eigenvalue weighted by molar-refractivity contribution is -0.131. The highest BCUT2D eigenvalue weighted by Crippen LogP contribution is 2.22. The zero-order valence-corrected chi connectivity index (χ0v) is 13.6. The Morgan fingerprint density at radius 1 is 1.12 bits per heavy atom. The van der Waals surface area contributed by atoms with Crippen molar-refractivity contribution in [2.75, 3.05) is 6.54 Å². The van der Waals surface area contributed by atoms with Crippen LogP contribution in [-0.2, 0) is 24.2 Å². The van der Waals surface area contributed by atoms with Crippen LogP contribution in [0.4, 0.5) is 4.39 Å². The fourth-order valence-corrected chi connectivity index (χ4v) is 3.12. The van der Waals surface area contributed by atoms with Crippen LogP contribution in [0.15, 0.2) is 59.1 Å². The van der Waals surface area contributed by atoms with Crippen LogP contribution in [0.2, 0.25) is 0 Å². The first-order valence-corrected chi connectivity index (χ1v) is 8.25. The van der Waals surface area contributed by atoms with Gasteiger partial charge in [0, 0.05) is 24.7 Å². The summed E-state index contributed by atoms with van der Waals surface area (Å²) in [6.45, 7) is 1.36. The van der Waals surface area contributed by atoms with Crippen LogP contribution in [0, 0.1) is 5.82 Å². The molecule has 0 spiro atoms. The van der Waals surface area contributed by atoms with Gasteiger partial charge in [-0.1, -0.05) is 29.4 Å². The first kappa shape index (κ1) is 15.6. The Morgan fingerprint density at radius 2 is 1.88 bits per heavy atom. The molecule has 0 fully saturated rings. The van der Waals surface area contributed by atoms with Crippen LogP contribution >= 0.6 is 0 Å². The summed E-state index contributed by atoms with van der Waals surface area (Å²) in [7, 11) is 0. The molecule has 4 rings (SSSR count). The molecule has 1 aliphatic rings. The minimum Gasteiger partial charge on any atom is -0.356 e. The number of hydrogen-bond donors (Lipinski definition) is 0. The first-order valence-electron chi connectivity index (χ1n) is 8.25. The average molecular weight is 336 g/mol. The van der Waals surface area contributed by atoms with E-state index in [1.54, 1.807) is 18.2 Å². The Morgan fingerprint density at radius 3 is 2.68 bits per heavy atom.